The zero-order valence-electron chi connectivity index (χ0n) is 24.9. The van der Waals surface area contributed by atoms with Gasteiger partial charge < -0.3 is 14.2 Å². The highest BCUT2D eigenvalue weighted by atomic mass is 16.5. The van der Waals surface area contributed by atoms with Crippen LogP contribution >= 0.6 is 0 Å². The Morgan fingerprint density at radius 3 is 1.88 bits per heavy atom. The fourth-order valence-electron chi connectivity index (χ4n) is 7.74. The number of hydrogen-bond acceptors (Lipinski definition) is 4. The number of benzene rings is 5. The van der Waals surface area contributed by atoms with Gasteiger partial charge in [-0.05, 0) is 82.6 Å². The van der Waals surface area contributed by atoms with Crippen LogP contribution in [0.4, 0.5) is 17.1 Å². The molecule has 0 spiro atoms. The first-order chi connectivity index (χ1) is 20.8. The molecule has 4 nitrogen and oxygen atoms in total. The number of nitrogens with zero attached hydrogens (tertiary/aromatic N) is 1. The lowest BCUT2D eigenvalue weighted by Crippen LogP contribution is -2.58. The zero-order valence-corrected chi connectivity index (χ0v) is 24.9. The Balaban J connectivity index is 1.36. The van der Waals surface area contributed by atoms with Crippen molar-refractivity contribution < 1.29 is 14.2 Å². The van der Waals surface area contributed by atoms with E-state index in [1.807, 2.05) is 24.3 Å². The minimum Gasteiger partial charge on any atom is -0.458 e. The molecule has 4 aliphatic rings. The summed E-state index contributed by atoms with van der Waals surface area (Å²) in [4.78, 5) is 2.30. The van der Waals surface area contributed by atoms with Crippen molar-refractivity contribution in [1.82, 2.24) is 0 Å². The number of hydrogen-bond donors (Lipinski definition) is 0. The maximum absolute atomic E-state index is 7.32. The molecule has 43 heavy (non-hydrogen) atoms. The predicted octanol–water partition coefficient (Wildman–Crippen LogP) is 8.34. The van der Waals surface area contributed by atoms with Crippen molar-refractivity contribution in [3.63, 3.8) is 0 Å². The first-order valence-corrected chi connectivity index (χ1v) is 15.3. The SMILES string of the molecule is CC1(C)CCC(C)(C)c2c1cc1c3c2Oc2c(cccc2N2c4ccccc4Oc4ccccc42)B3c2ccccc2O1. The van der Waals surface area contributed by atoms with Crippen LogP contribution in [0.3, 0.4) is 0 Å². The van der Waals surface area contributed by atoms with Crippen molar-refractivity contribution in [2.45, 2.75) is 51.4 Å². The average molecular weight is 561 g/mol. The highest BCUT2D eigenvalue weighted by molar-refractivity contribution is 6.98. The largest absolute Gasteiger partial charge is 0.458 e. The van der Waals surface area contributed by atoms with Crippen molar-refractivity contribution in [3.05, 3.63) is 108 Å². The Morgan fingerprint density at radius 1 is 0.558 bits per heavy atom. The quantitative estimate of drug-likeness (QED) is 0.189. The molecule has 0 saturated heterocycles. The summed E-state index contributed by atoms with van der Waals surface area (Å²) in [7, 11) is 0. The number of para-hydroxylation sites is 6. The lowest BCUT2D eigenvalue weighted by atomic mass is 9.34. The number of anilines is 3. The summed E-state index contributed by atoms with van der Waals surface area (Å²) in [6.45, 7) is 9.46. The smallest absolute Gasteiger partial charge is 0.260 e. The Morgan fingerprint density at radius 2 is 1.14 bits per heavy atom. The second kappa shape index (κ2) is 8.47. The van der Waals surface area contributed by atoms with Gasteiger partial charge in [0.2, 0.25) is 0 Å². The Hall–Kier alpha value is -4.64. The van der Waals surface area contributed by atoms with Crippen molar-refractivity contribution in [3.8, 4) is 34.5 Å². The van der Waals surface area contributed by atoms with E-state index in [4.69, 9.17) is 14.2 Å². The molecule has 0 aromatic heterocycles. The van der Waals surface area contributed by atoms with Gasteiger partial charge >= 0.3 is 0 Å². The molecule has 3 aliphatic heterocycles. The van der Waals surface area contributed by atoms with Crippen molar-refractivity contribution >= 4 is 40.2 Å². The van der Waals surface area contributed by atoms with E-state index in [0.29, 0.717) is 0 Å². The first-order valence-electron chi connectivity index (χ1n) is 15.3. The summed E-state index contributed by atoms with van der Waals surface area (Å²) in [5.74, 6) is 5.35. The van der Waals surface area contributed by atoms with Crippen LogP contribution in [0, 0.1) is 0 Å². The van der Waals surface area contributed by atoms with E-state index >= 15 is 0 Å². The molecule has 3 heterocycles. The summed E-state index contributed by atoms with van der Waals surface area (Å²) < 4.78 is 20.4. The Labute approximate surface area is 252 Å². The van der Waals surface area contributed by atoms with Crippen LogP contribution in [-0.2, 0) is 10.8 Å². The number of ether oxygens (including phenoxy) is 3. The average Bonchev–Trinajstić information content (AvgIpc) is 3.01. The van der Waals surface area contributed by atoms with E-state index in [1.165, 1.54) is 16.6 Å². The summed E-state index contributed by atoms with van der Waals surface area (Å²) in [6, 6.07) is 33.9. The van der Waals surface area contributed by atoms with E-state index in [9.17, 15) is 0 Å². The highest BCUT2D eigenvalue weighted by Crippen LogP contribution is 2.56. The molecule has 0 unspecified atom stereocenters. The monoisotopic (exact) mass is 561 g/mol. The maximum atomic E-state index is 7.32. The lowest BCUT2D eigenvalue weighted by molar-refractivity contribution is 0.318. The van der Waals surface area contributed by atoms with Gasteiger partial charge in [0.1, 0.15) is 23.0 Å². The van der Waals surface area contributed by atoms with Crippen LogP contribution in [0.25, 0.3) is 0 Å². The first kappa shape index (κ1) is 24.9. The second-order valence-corrected chi connectivity index (χ2v) is 13.6. The highest BCUT2D eigenvalue weighted by Gasteiger charge is 2.48. The van der Waals surface area contributed by atoms with Gasteiger partial charge in [-0.2, -0.15) is 0 Å². The van der Waals surface area contributed by atoms with E-state index in [0.717, 1.165) is 75.3 Å². The molecule has 0 saturated carbocycles. The van der Waals surface area contributed by atoms with E-state index in [2.05, 4.69) is 105 Å². The van der Waals surface area contributed by atoms with Gasteiger partial charge in [-0.15, -0.1) is 0 Å². The third-order valence-corrected chi connectivity index (χ3v) is 10.0. The van der Waals surface area contributed by atoms with Crippen molar-refractivity contribution in [2.75, 3.05) is 4.90 Å². The van der Waals surface area contributed by atoms with Gasteiger partial charge in [0.15, 0.2) is 11.5 Å². The standard InChI is InChI=1S/C38H32BNO3/c1-37(2)20-21-38(3,4)33-23(37)22-32-34-36(33)43-35-25(39(34)24-12-5-8-17-29(24)41-32)13-11-16-28(35)40-26-14-6-9-18-30(26)42-31-19-10-7-15-27(31)40/h5-19,22H,20-21H2,1-4H3. The minimum absolute atomic E-state index is 0.00341. The van der Waals surface area contributed by atoms with Crippen LogP contribution in [0.1, 0.15) is 51.7 Å². The van der Waals surface area contributed by atoms with Crippen molar-refractivity contribution in [2.24, 2.45) is 0 Å². The molecule has 0 N–H and O–H groups in total. The molecule has 0 atom stereocenters. The van der Waals surface area contributed by atoms with E-state index in [1.54, 1.807) is 0 Å². The fourth-order valence-corrected chi connectivity index (χ4v) is 7.74. The molecule has 210 valence electrons. The summed E-state index contributed by atoms with van der Waals surface area (Å²) in [6.07, 6.45) is 2.22. The van der Waals surface area contributed by atoms with Gasteiger partial charge in [-0.1, -0.05) is 82.3 Å². The molecule has 5 aromatic carbocycles. The molecule has 0 amide bonds. The van der Waals surface area contributed by atoms with Crippen LogP contribution < -0.4 is 35.5 Å². The van der Waals surface area contributed by atoms with Gasteiger partial charge in [0.25, 0.3) is 6.71 Å². The van der Waals surface area contributed by atoms with Crippen LogP contribution in [0.5, 0.6) is 34.5 Å². The van der Waals surface area contributed by atoms with E-state index < -0.39 is 0 Å². The fraction of sp³-hybridized carbons (Fsp3) is 0.211. The maximum Gasteiger partial charge on any atom is 0.260 e. The topological polar surface area (TPSA) is 30.9 Å². The second-order valence-electron chi connectivity index (χ2n) is 13.6. The van der Waals surface area contributed by atoms with Crippen LogP contribution in [-0.4, -0.2) is 6.71 Å². The number of fused-ring (bicyclic) bond motifs is 8. The molecular weight excluding hydrogens is 529 g/mol. The molecule has 0 radical (unpaired) electrons. The van der Waals surface area contributed by atoms with Crippen LogP contribution in [0.15, 0.2) is 97.1 Å². The Kier molecular flexibility index (Phi) is 4.91. The van der Waals surface area contributed by atoms with Gasteiger partial charge in [0, 0.05) is 11.0 Å². The molecule has 5 heteroatoms. The van der Waals surface area contributed by atoms with Crippen molar-refractivity contribution in [1.29, 1.82) is 0 Å². The molecule has 9 rings (SSSR count). The van der Waals surface area contributed by atoms with Gasteiger partial charge in [-0.3, -0.25) is 4.90 Å². The molecule has 0 fully saturated rings. The number of rotatable bonds is 1. The normalized spacial score (nSPS) is 17.5. The summed E-state index contributed by atoms with van der Waals surface area (Å²) >= 11 is 0. The zero-order chi connectivity index (χ0) is 29.1. The molecule has 1 aliphatic carbocycles. The summed E-state index contributed by atoms with van der Waals surface area (Å²) in [5.41, 5.74) is 9.08. The third kappa shape index (κ3) is 3.39. The van der Waals surface area contributed by atoms with Gasteiger partial charge in [0.05, 0.1) is 17.1 Å². The molecule has 0 bridgehead atoms. The molecular formula is C38H32BNO3. The van der Waals surface area contributed by atoms with E-state index in [-0.39, 0.29) is 17.5 Å². The minimum atomic E-state index is -0.0403. The molecule has 5 aromatic rings. The van der Waals surface area contributed by atoms with Crippen LogP contribution in [0.2, 0.25) is 0 Å². The van der Waals surface area contributed by atoms with Gasteiger partial charge in [-0.25, -0.2) is 0 Å². The lowest BCUT2D eigenvalue weighted by Gasteiger charge is -2.46. The predicted molar refractivity (Wildman–Crippen MR) is 174 cm³/mol. The third-order valence-electron chi connectivity index (χ3n) is 10.0. The Bertz CT molecular complexity index is 1950. The summed E-state index contributed by atoms with van der Waals surface area (Å²) in [5, 5.41) is 0.